The number of urea groups is 1. The van der Waals surface area contributed by atoms with Crippen molar-refractivity contribution < 1.29 is 9.53 Å². The fraction of sp³-hybridized carbons (Fsp3) is 0.444. The number of amides is 2. The summed E-state index contributed by atoms with van der Waals surface area (Å²) in [7, 11) is 3.51. The zero-order valence-electron chi connectivity index (χ0n) is 14.7. The number of ether oxygens (including phenoxy) is 1. The van der Waals surface area contributed by atoms with Crippen molar-refractivity contribution >= 4 is 11.8 Å². The molecule has 1 aliphatic heterocycles. The minimum Gasteiger partial charge on any atom is -0.383 e. The molecular weight excluding hydrogens is 318 g/mol. The Kier molecular flexibility index (Phi) is 5.67. The van der Waals surface area contributed by atoms with Gasteiger partial charge in [-0.2, -0.15) is 5.10 Å². The van der Waals surface area contributed by atoms with Gasteiger partial charge in [0, 0.05) is 45.8 Å². The number of hydrogen-bond acceptors (Lipinski definition) is 4. The zero-order chi connectivity index (χ0) is 17.6. The lowest BCUT2D eigenvalue weighted by atomic mass is 9.94. The molecule has 25 heavy (non-hydrogen) atoms. The van der Waals surface area contributed by atoms with Crippen LogP contribution in [0.25, 0.3) is 0 Å². The molecule has 7 nitrogen and oxygen atoms in total. The molecule has 1 aromatic heterocycles. The number of carbonyl (C=O) groups excluding carboxylic acids is 1. The first-order valence-electron chi connectivity index (χ1n) is 8.49. The van der Waals surface area contributed by atoms with E-state index >= 15 is 0 Å². The molecule has 0 saturated carbocycles. The first-order chi connectivity index (χ1) is 12.2. The molecule has 2 N–H and O–H groups in total. The molecule has 0 radical (unpaired) electrons. The Hall–Kier alpha value is -2.38. The van der Waals surface area contributed by atoms with Gasteiger partial charge in [-0.1, -0.05) is 30.3 Å². The van der Waals surface area contributed by atoms with Crippen LogP contribution in [-0.4, -0.2) is 60.1 Å². The predicted octanol–water partition coefficient (Wildman–Crippen LogP) is 1.66. The number of carbonyl (C=O) groups is 1. The zero-order valence-corrected chi connectivity index (χ0v) is 14.7. The summed E-state index contributed by atoms with van der Waals surface area (Å²) < 4.78 is 6.83. The number of aryl methyl sites for hydroxylation is 1. The van der Waals surface area contributed by atoms with Crippen molar-refractivity contribution in [2.45, 2.75) is 12.0 Å². The number of methoxy groups -OCH3 is 1. The highest BCUT2D eigenvalue weighted by atomic mass is 16.5. The van der Waals surface area contributed by atoms with E-state index in [4.69, 9.17) is 4.74 Å². The molecule has 1 fully saturated rings. The van der Waals surface area contributed by atoms with E-state index in [1.807, 2.05) is 18.2 Å². The molecule has 2 aromatic rings. The van der Waals surface area contributed by atoms with Crippen molar-refractivity contribution in [3.05, 3.63) is 48.2 Å². The van der Waals surface area contributed by atoms with E-state index in [1.165, 1.54) is 5.56 Å². The minimum atomic E-state index is -0.205. The van der Waals surface area contributed by atoms with Crippen LogP contribution >= 0.6 is 0 Å². The van der Waals surface area contributed by atoms with Gasteiger partial charge in [0.15, 0.2) is 0 Å². The lowest BCUT2D eigenvalue weighted by molar-refractivity contribution is 0.159. The Balaban J connectivity index is 1.67. The number of nitrogens with one attached hydrogen (secondary N) is 2. The first kappa shape index (κ1) is 17.4. The van der Waals surface area contributed by atoms with E-state index in [-0.39, 0.29) is 18.0 Å². The van der Waals surface area contributed by atoms with Crippen LogP contribution in [0, 0.1) is 0 Å². The van der Waals surface area contributed by atoms with E-state index in [2.05, 4.69) is 32.8 Å². The Morgan fingerprint density at radius 3 is 2.76 bits per heavy atom. The number of hydrogen-bond donors (Lipinski definition) is 2. The summed E-state index contributed by atoms with van der Waals surface area (Å²) in [6.45, 7) is 3.27. The van der Waals surface area contributed by atoms with Crippen molar-refractivity contribution in [1.82, 2.24) is 20.0 Å². The van der Waals surface area contributed by atoms with Crippen LogP contribution in [0.3, 0.4) is 0 Å². The topological polar surface area (TPSA) is 71.4 Å². The summed E-state index contributed by atoms with van der Waals surface area (Å²) >= 11 is 0. The van der Waals surface area contributed by atoms with Gasteiger partial charge in [-0.25, -0.2) is 4.79 Å². The third kappa shape index (κ3) is 4.37. The number of aromatic nitrogens is 2. The first-order valence-corrected chi connectivity index (χ1v) is 8.49. The standard InChI is InChI=1S/C18H25N5O2/c1-22-17(8-9-19-22)21-18(24)20-16-13-23(10-11-25-2)12-15(16)14-6-4-3-5-7-14/h3-9,15-16H,10-13H2,1-2H3,(H2,20,21,24). The fourth-order valence-electron chi connectivity index (χ4n) is 3.29. The highest BCUT2D eigenvalue weighted by molar-refractivity contribution is 5.88. The third-order valence-electron chi connectivity index (χ3n) is 4.61. The van der Waals surface area contributed by atoms with Gasteiger partial charge in [-0.15, -0.1) is 0 Å². The molecular formula is C18H25N5O2. The second-order valence-corrected chi connectivity index (χ2v) is 6.31. The molecule has 134 valence electrons. The van der Waals surface area contributed by atoms with Crippen LogP contribution in [0.4, 0.5) is 10.6 Å². The summed E-state index contributed by atoms with van der Waals surface area (Å²) in [4.78, 5) is 14.7. The fourth-order valence-corrected chi connectivity index (χ4v) is 3.29. The average molecular weight is 343 g/mol. The average Bonchev–Trinajstić information content (AvgIpc) is 3.20. The highest BCUT2D eigenvalue weighted by Crippen LogP contribution is 2.27. The van der Waals surface area contributed by atoms with E-state index in [0.29, 0.717) is 12.4 Å². The molecule has 3 rings (SSSR count). The summed E-state index contributed by atoms with van der Waals surface area (Å²) in [6, 6.07) is 12.0. The second kappa shape index (κ2) is 8.13. The van der Waals surface area contributed by atoms with Gasteiger partial charge in [0.2, 0.25) is 0 Å². The quantitative estimate of drug-likeness (QED) is 0.837. The Bertz CT molecular complexity index is 688. The van der Waals surface area contributed by atoms with Crippen LogP contribution in [0.1, 0.15) is 11.5 Å². The van der Waals surface area contributed by atoms with Gasteiger partial charge in [-0.3, -0.25) is 14.9 Å². The summed E-state index contributed by atoms with van der Waals surface area (Å²) in [5, 5.41) is 10.0. The monoisotopic (exact) mass is 343 g/mol. The van der Waals surface area contributed by atoms with Crippen LogP contribution in [0.5, 0.6) is 0 Å². The minimum absolute atomic E-state index is 0.0486. The molecule has 0 aliphatic carbocycles. The number of benzene rings is 1. The number of anilines is 1. The molecule has 2 amide bonds. The predicted molar refractivity (Wildman–Crippen MR) is 96.6 cm³/mol. The normalized spacial score (nSPS) is 20.6. The van der Waals surface area contributed by atoms with Crippen LogP contribution in [0.2, 0.25) is 0 Å². The van der Waals surface area contributed by atoms with Gasteiger partial charge in [0.05, 0.1) is 18.8 Å². The van der Waals surface area contributed by atoms with Crippen molar-refractivity contribution in [2.75, 3.05) is 38.7 Å². The molecule has 0 bridgehead atoms. The molecule has 2 unspecified atom stereocenters. The Morgan fingerprint density at radius 1 is 1.28 bits per heavy atom. The van der Waals surface area contributed by atoms with Crippen molar-refractivity contribution in [3.8, 4) is 0 Å². The van der Waals surface area contributed by atoms with Gasteiger partial charge in [-0.05, 0) is 5.56 Å². The number of likely N-dealkylation sites (tertiary alicyclic amines) is 1. The van der Waals surface area contributed by atoms with Crippen molar-refractivity contribution in [1.29, 1.82) is 0 Å². The van der Waals surface area contributed by atoms with Gasteiger partial charge in [0.1, 0.15) is 5.82 Å². The van der Waals surface area contributed by atoms with Gasteiger partial charge in [0.25, 0.3) is 0 Å². The number of rotatable bonds is 6. The molecule has 2 atom stereocenters. The Labute approximate surface area is 148 Å². The smallest absolute Gasteiger partial charge is 0.320 e. The van der Waals surface area contributed by atoms with Gasteiger partial charge < -0.3 is 10.1 Å². The van der Waals surface area contributed by atoms with Crippen LogP contribution < -0.4 is 10.6 Å². The summed E-state index contributed by atoms with van der Waals surface area (Å²) in [6.07, 6.45) is 1.66. The molecule has 7 heteroatoms. The maximum atomic E-state index is 12.4. The summed E-state index contributed by atoms with van der Waals surface area (Å²) in [5.74, 6) is 0.929. The molecule has 0 spiro atoms. The maximum absolute atomic E-state index is 12.4. The number of nitrogens with zero attached hydrogens (tertiary/aromatic N) is 3. The van der Waals surface area contributed by atoms with E-state index in [1.54, 1.807) is 31.1 Å². The Morgan fingerprint density at radius 2 is 2.08 bits per heavy atom. The lowest BCUT2D eigenvalue weighted by Crippen LogP contribution is -2.42. The molecule has 1 aliphatic rings. The SMILES string of the molecule is COCCN1CC(NC(=O)Nc2ccnn2C)C(c2ccccc2)C1. The largest absolute Gasteiger partial charge is 0.383 e. The van der Waals surface area contributed by atoms with Crippen molar-refractivity contribution in [3.63, 3.8) is 0 Å². The highest BCUT2D eigenvalue weighted by Gasteiger charge is 2.34. The van der Waals surface area contributed by atoms with E-state index in [0.717, 1.165) is 19.6 Å². The second-order valence-electron chi connectivity index (χ2n) is 6.31. The summed E-state index contributed by atoms with van der Waals surface area (Å²) in [5.41, 5.74) is 1.24. The third-order valence-corrected chi connectivity index (χ3v) is 4.61. The molecule has 1 aromatic carbocycles. The molecule has 2 heterocycles. The van der Waals surface area contributed by atoms with Gasteiger partial charge >= 0.3 is 6.03 Å². The lowest BCUT2D eigenvalue weighted by Gasteiger charge is -2.20. The van der Waals surface area contributed by atoms with E-state index in [9.17, 15) is 4.79 Å². The van der Waals surface area contributed by atoms with Crippen LogP contribution in [0.15, 0.2) is 42.6 Å². The van der Waals surface area contributed by atoms with E-state index < -0.39 is 0 Å². The van der Waals surface area contributed by atoms with Crippen LogP contribution in [-0.2, 0) is 11.8 Å². The maximum Gasteiger partial charge on any atom is 0.320 e. The van der Waals surface area contributed by atoms with Crippen molar-refractivity contribution in [2.24, 2.45) is 7.05 Å². The molecule has 1 saturated heterocycles.